The summed E-state index contributed by atoms with van der Waals surface area (Å²) in [5.74, 6) is -0.436. The van der Waals surface area contributed by atoms with Crippen molar-refractivity contribution in [2.45, 2.75) is 25.2 Å². The van der Waals surface area contributed by atoms with Gasteiger partial charge in [0.1, 0.15) is 10.7 Å². The molecule has 9 heteroatoms. The van der Waals surface area contributed by atoms with Crippen molar-refractivity contribution < 1.29 is 17.6 Å². The molecular weight excluding hydrogens is 359 g/mol. The van der Waals surface area contributed by atoms with Crippen molar-refractivity contribution in [3.05, 3.63) is 47.0 Å². The number of H-pyrrole nitrogens is 1. The Labute approximate surface area is 151 Å². The Hall–Kier alpha value is -2.26. The van der Waals surface area contributed by atoms with E-state index >= 15 is 0 Å². The zero-order valence-corrected chi connectivity index (χ0v) is 15.5. The van der Waals surface area contributed by atoms with Gasteiger partial charge < -0.3 is 4.90 Å². The molecule has 0 saturated carbocycles. The minimum atomic E-state index is -3.63. The van der Waals surface area contributed by atoms with E-state index in [1.807, 2.05) is 0 Å². The first kappa shape index (κ1) is 18.5. The molecule has 0 radical (unpaired) electrons. The summed E-state index contributed by atoms with van der Waals surface area (Å²) in [6.07, 6.45) is 0.174. The van der Waals surface area contributed by atoms with E-state index in [2.05, 4.69) is 10.2 Å². The molecule has 7 nitrogen and oxygen atoms in total. The predicted octanol–water partition coefficient (Wildman–Crippen LogP) is 1.24. The summed E-state index contributed by atoms with van der Waals surface area (Å²) in [7, 11) is -3.63. The van der Waals surface area contributed by atoms with E-state index in [1.54, 1.807) is 30.9 Å². The van der Waals surface area contributed by atoms with E-state index < -0.39 is 10.0 Å². The van der Waals surface area contributed by atoms with Crippen LogP contribution < -0.4 is 0 Å². The highest BCUT2D eigenvalue weighted by molar-refractivity contribution is 7.89. The van der Waals surface area contributed by atoms with Crippen molar-refractivity contribution in [2.24, 2.45) is 0 Å². The second kappa shape index (κ2) is 7.16. The highest BCUT2D eigenvalue weighted by atomic mass is 32.2. The van der Waals surface area contributed by atoms with Crippen LogP contribution in [0.2, 0.25) is 0 Å². The molecule has 140 valence electrons. The normalized spacial score (nSPS) is 16.0. The third kappa shape index (κ3) is 3.63. The van der Waals surface area contributed by atoms with Crippen LogP contribution in [0.1, 0.15) is 17.0 Å². The zero-order chi connectivity index (χ0) is 18.9. The average Bonchev–Trinajstić information content (AvgIpc) is 2.96. The quantitative estimate of drug-likeness (QED) is 0.865. The van der Waals surface area contributed by atoms with Crippen LogP contribution in [0.4, 0.5) is 4.39 Å². The van der Waals surface area contributed by atoms with E-state index in [4.69, 9.17) is 0 Å². The van der Waals surface area contributed by atoms with Crippen molar-refractivity contribution in [3.8, 4) is 0 Å². The summed E-state index contributed by atoms with van der Waals surface area (Å²) in [5, 5.41) is 6.64. The number of aromatic amines is 1. The largest absolute Gasteiger partial charge is 0.340 e. The maximum absolute atomic E-state index is 12.9. The second-order valence-corrected chi connectivity index (χ2v) is 8.23. The molecule has 1 aliphatic rings. The number of aryl methyl sites for hydroxylation is 2. The number of hydrogen-bond donors (Lipinski definition) is 1. The summed E-state index contributed by atoms with van der Waals surface area (Å²) in [6, 6.07) is 5.81. The number of nitrogens with one attached hydrogen (secondary N) is 1. The number of rotatable bonds is 4. The van der Waals surface area contributed by atoms with Gasteiger partial charge in [-0.1, -0.05) is 12.1 Å². The Morgan fingerprint density at radius 1 is 1.15 bits per heavy atom. The number of piperazine rings is 1. The second-order valence-electron chi connectivity index (χ2n) is 6.35. The fourth-order valence-corrected chi connectivity index (χ4v) is 4.87. The number of carbonyl (C=O) groups excluding carboxylic acids is 1. The summed E-state index contributed by atoms with van der Waals surface area (Å²) in [4.78, 5) is 14.2. The number of halogens is 1. The number of hydrogen-bond acceptors (Lipinski definition) is 4. The SMILES string of the molecule is Cc1n[nH]c(C)c1S(=O)(=O)N1CCN(C(=O)Cc2ccc(F)cc2)CC1. The zero-order valence-electron chi connectivity index (χ0n) is 14.7. The van der Waals surface area contributed by atoms with Crippen LogP contribution in [0.3, 0.4) is 0 Å². The lowest BCUT2D eigenvalue weighted by Gasteiger charge is -2.34. The molecule has 26 heavy (non-hydrogen) atoms. The molecule has 0 unspecified atom stereocenters. The summed E-state index contributed by atoms with van der Waals surface area (Å²) >= 11 is 0. The maximum Gasteiger partial charge on any atom is 0.246 e. The van der Waals surface area contributed by atoms with Gasteiger partial charge in [0.15, 0.2) is 0 Å². The molecule has 2 aromatic rings. The van der Waals surface area contributed by atoms with Gasteiger partial charge >= 0.3 is 0 Å². The number of amides is 1. The molecule has 0 aliphatic carbocycles. The van der Waals surface area contributed by atoms with E-state index in [1.165, 1.54) is 16.4 Å². The van der Waals surface area contributed by atoms with Crippen molar-refractivity contribution in [2.75, 3.05) is 26.2 Å². The third-order valence-corrected chi connectivity index (χ3v) is 6.68. The Balaban J connectivity index is 1.63. The molecule has 1 amide bonds. The summed E-state index contributed by atoms with van der Waals surface area (Å²) in [6.45, 7) is 4.46. The fourth-order valence-electron chi connectivity index (χ4n) is 3.12. The topological polar surface area (TPSA) is 86.4 Å². The number of carbonyl (C=O) groups is 1. The third-order valence-electron chi connectivity index (χ3n) is 4.52. The van der Waals surface area contributed by atoms with Crippen LogP contribution in [-0.4, -0.2) is 59.9 Å². The standard InChI is InChI=1S/C17H21FN4O3S/c1-12-17(13(2)20-19-12)26(24,25)22-9-7-21(8-10-22)16(23)11-14-3-5-15(18)6-4-14/h3-6H,7-11H2,1-2H3,(H,19,20). The van der Waals surface area contributed by atoms with Crippen LogP contribution >= 0.6 is 0 Å². The number of benzene rings is 1. The Morgan fingerprint density at radius 3 is 2.31 bits per heavy atom. The van der Waals surface area contributed by atoms with Crippen LogP contribution in [0.5, 0.6) is 0 Å². The van der Waals surface area contributed by atoms with Crippen LogP contribution in [0, 0.1) is 19.7 Å². The lowest BCUT2D eigenvalue weighted by molar-refractivity contribution is -0.131. The number of nitrogens with zero attached hydrogens (tertiary/aromatic N) is 3. The van der Waals surface area contributed by atoms with E-state index in [0.717, 1.165) is 5.56 Å². The monoisotopic (exact) mass is 380 g/mol. The first-order valence-corrected chi connectivity index (χ1v) is 9.77. The van der Waals surface area contributed by atoms with E-state index in [9.17, 15) is 17.6 Å². The van der Waals surface area contributed by atoms with E-state index in [-0.39, 0.29) is 36.1 Å². The number of aromatic nitrogens is 2. The van der Waals surface area contributed by atoms with Crippen molar-refractivity contribution >= 4 is 15.9 Å². The van der Waals surface area contributed by atoms with Gasteiger partial charge in [-0.25, -0.2) is 12.8 Å². The molecule has 0 atom stereocenters. The molecule has 1 aromatic heterocycles. The minimum absolute atomic E-state index is 0.0932. The van der Waals surface area contributed by atoms with Gasteiger partial charge in [0.05, 0.1) is 17.8 Å². The first-order valence-electron chi connectivity index (χ1n) is 8.33. The van der Waals surface area contributed by atoms with Crippen molar-refractivity contribution in [1.82, 2.24) is 19.4 Å². The highest BCUT2D eigenvalue weighted by Crippen LogP contribution is 2.22. The van der Waals surface area contributed by atoms with Crippen LogP contribution in [-0.2, 0) is 21.2 Å². The van der Waals surface area contributed by atoms with Crippen LogP contribution in [0.15, 0.2) is 29.2 Å². The van der Waals surface area contributed by atoms with E-state index in [0.29, 0.717) is 24.5 Å². The molecule has 0 spiro atoms. The van der Waals surface area contributed by atoms with Crippen LogP contribution in [0.25, 0.3) is 0 Å². The van der Waals surface area contributed by atoms with Crippen molar-refractivity contribution in [3.63, 3.8) is 0 Å². The van der Waals surface area contributed by atoms with Crippen molar-refractivity contribution in [1.29, 1.82) is 0 Å². The molecule has 2 heterocycles. The molecule has 1 fully saturated rings. The van der Waals surface area contributed by atoms with Gasteiger partial charge in [-0.15, -0.1) is 0 Å². The van der Waals surface area contributed by atoms with Gasteiger partial charge in [0, 0.05) is 26.2 Å². The van der Waals surface area contributed by atoms with Gasteiger partial charge in [-0.3, -0.25) is 9.89 Å². The first-order chi connectivity index (χ1) is 12.3. The summed E-state index contributed by atoms with van der Waals surface area (Å²) < 4.78 is 40.0. The van der Waals surface area contributed by atoms with Gasteiger partial charge in [0.2, 0.25) is 15.9 Å². The predicted molar refractivity (Wildman–Crippen MR) is 93.5 cm³/mol. The van der Waals surface area contributed by atoms with Gasteiger partial charge in [0.25, 0.3) is 0 Å². The summed E-state index contributed by atoms with van der Waals surface area (Å²) in [5.41, 5.74) is 1.69. The maximum atomic E-state index is 12.9. The van der Waals surface area contributed by atoms with Gasteiger partial charge in [-0.05, 0) is 31.5 Å². The molecule has 1 aromatic carbocycles. The Kier molecular flexibility index (Phi) is 5.10. The molecule has 3 rings (SSSR count). The Bertz CT molecular complexity index is 881. The smallest absolute Gasteiger partial charge is 0.246 e. The molecular formula is C17H21FN4O3S. The van der Waals surface area contributed by atoms with Gasteiger partial charge in [-0.2, -0.15) is 9.40 Å². The lowest BCUT2D eigenvalue weighted by atomic mass is 10.1. The molecule has 1 saturated heterocycles. The fraction of sp³-hybridized carbons (Fsp3) is 0.412. The lowest BCUT2D eigenvalue weighted by Crippen LogP contribution is -2.51. The molecule has 1 N–H and O–H groups in total. The average molecular weight is 380 g/mol. The molecule has 0 bridgehead atoms. The number of sulfonamides is 1. The minimum Gasteiger partial charge on any atom is -0.340 e. The highest BCUT2D eigenvalue weighted by Gasteiger charge is 2.33. The Morgan fingerprint density at radius 2 is 1.77 bits per heavy atom. The molecule has 1 aliphatic heterocycles.